The minimum Gasteiger partial charge on any atom is -0.300 e. The number of ketones is 1. The van der Waals surface area contributed by atoms with Crippen LogP contribution in [0.4, 0.5) is 0 Å². The summed E-state index contributed by atoms with van der Waals surface area (Å²) in [7, 11) is 0. The Morgan fingerprint density at radius 1 is 1.24 bits per heavy atom. The molecular weight excluding hydrogens is 260 g/mol. The van der Waals surface area contributed by atoms with E-state index in [1.54, 1.807) is 0 Å². The largest absolute Gasteiger partial charge is 0.300 e. The molecule has 0 N–H and O–H groups in total. The number of hydrogen-bond acceptors (Lipinski definition) is 3. The number of carbonyl (C=O) groups is 1. The number of Topliss-reactive ketones (excluding diaryl/α,β-unsaturated/α-hetero) is 1. The lowest BCUT2D eigenvalue weighted by atomic mass is 9.99. The molecule has 2 aliphatic heterocycles. The summed E-state index contributed by atoms with van der Waals surface area (Å²) in [5, 5.41) is 0. The molecule has 3 nitrogen and oxygen atoms in total. The second-order valence-corrected chi connectivity index (χ2v) is 6.53. The van der Waals surface area contributed by atoms with Gasteiger partial charge in [-0.3, -0.25) is 9.69 Å². The minimum absolute atomic E-state index is 0.282. The van der Waals surface area contributed by atoms with Crippen LogP contribution in [0, 0.1) is 6.92 Å². The van der Waals surface area contributed by atoms with Crippen LogP contribution in [0.5, 0.6) is 0 Å². The zero-order chi connectivity index (χ0) is 14.7. The van der Waals surface area contributed by atoms with Crippen molar-refractivity contribution in [3.05, 3.63) is 35.4 Å². The Morgan fingerprint density at radius 3 is 3.00 bits per heavy atom. The maximum absolute atomic E-state index is 12.3. The van der Waals surface area contributed by atoms with E-state index in [9.17, 15) is 4.79 Å². The predicted octanol–water partition coefficient (Wildman–Crippen LogP) is 2.74. The van der Waals surface area contributed by atoms with Crippen LogP contribution < -0.4 is 0 Å². The van der Waals surface area contributed by atoms with Gasteiger partial charge in [-0.25, -0.2) is 0 Å². The summed E-state index contributed by atoms with van der Waals surface area (Å²) < 4.78 is 0. The number of benzene rings is 1. The normalized spacial score (nSPS) is 23.8. The fraction of sp³-hybridized carbons (Fsp3) is 0.611. The average molecular weight is 286 g/mol. The molecule has 1 unspecified atom stereocenters. The first-order valence-electron chi connectivity index (χ1n) is 8.28. The highest BCUT2D eigenvalue weighted by Gasteiger charge is 2.28. The molecular formula is C18H26N2O. The van der Waals surface area contributed by atoms with Gasteiger partial charge in [-0.1, -0.05) is 30.2 Å². The van der Waals surface area contributed by atoms with Crippen molar-refractivity contribution < 1.29 is 4.79 Å². The van der Waals surface area contributed by atoms with E-state index < -0.39 is 0 Å². The zero-order valence-electron chi connectivity index (χ0n) is 13.1. The van der Waals surface area contributed by atoms with Gasteiger partial charge in [0.05, 0.1) is 0 Å². The van der Waals surface area contributed by atoms with Gasteiger partial charge >= 0.3 is 0 Å². The van der Waals surface area contributed by atoms with E-state index in [0.29, 0.717) is 6.42 Å². The van der Waals surface area contributed by atoms with Gasteiger partial charge in [0.15, 0.2) is 5.78 Å². The first kappa shape index (κ1) is 14.7. The van der Waals surface area contributed by atoms with Gasteiger partial charge in [-0.2, -0.15) is 0 Å². The standard InChI is InChI=1S/C18H26N2O/c1-15-5-4-6-16(13-15)18(21)8-10-19-11-12-20-9-3-2-7-17(20)14-19/h4-6,13,17H,2-3,7-12,14H2,1H3. The molecule has 2 aliphatic rings. The first-order valence-corrected chi connectivity index (χ1v) is 8.28. The zero-order valence-corrected chi connectivity index (χ0v) is 13.1. The Balaban J connectivity index is 1.50. The highest BCUT2D eigenvalue weighted by atomic mass is 16.1. The lowest BCUT2D eigenvalue weighted by Gasteiger charge is -2.44. The van der Waals surface area contributed by atoms with Crippen molar-refractivity contribution >= 4 is 5.78 Å². The third-order valence-electron chi connectivity index (χ3n) is 4.92. The SMILES string of the molecule is Cc1cccc(C(=O)CCN2CCN3CCCCC3C2)c1. The van der Waals surface area contributed by atoms with Crippen LogP contribution in [0.3, 0.4) is 0 Å². The molecule has 0 radical (unpaired) electrons. The molecule has 0 aromatic heterocycles. The summed E-state index contributed by atoms with van der Waals surface area (Å²) in [5.41, 5.74) is 2.03. The molecule has 0 saturated carbocycles. The molecule has 2 saturated heterocycles. The number of piperidine rings is 1. The van der Waals surface area contributed by atoms with Gasteiger partial charge in [-0.05, 0) is 32.4 Å². The quantitative estimate of drug-likeness (QED) is 0.795. The Morgan fingerprint density at radius 2 is 2.14 bits per heavy atom. The molecule has 3 heteroatoms. The number of fused-ring (bicyclic) bond motifs is 1. The third kappa shape index (κ3) is 3.72. The topological polar surface area (TPSA) is 23.6 Å². The smallest absolute Gasteiger partial charge is 0.164 e. The van der Waals surface area contributed by atoms with E-state index in [4.69, 9.17) is 0 Å². The van der Waals surface area contributed by atoms with Crippen LogP contribution in [0.2, 0.25) is 0 Å². The number of piperazine rings is 1. The molecule has 1 atom stereocenters. The van der Waals surface area contributed by atoms with Gasteiger partial charge in [0.1, 0.15) is 0 Å². The van der Waals surface area contributed by atoms with Crippen LogP contribution in [0.1, 0.15) is 41.6 Å². The Labute approximate surface area is 127 Å². The van der Waals surface area contributed by atoms with Crippen molar-refractivity contribution in [2.45, 2.75) is 38.6 Å². The van der Waals surface area contributed by atoms with Gasteiger partial charge < -0.3 is 4.90 Å². The van der Waals surface area contributed by atoms with Crippen LogP contribution in [-0.2, 0) is 0 Å². The molecule has 2 fully saturated rings. The number of aryl methyl sites for hydroxylation is 1. The summed E-state index contributed by atoms with van der Waals surface area (Å²) >= 11 is 0. The van der Waals surface area contributed by atoms with Crippen molar-refractivity contribution in [3.8, 4) is 0 Å². The Hall–Kier alpha value is -1.19. The summed E-state index contributed by atoms with van der Waals surface area (Å²) in [5.74, 6) is 0.282. The number of hydrogen-bond donors (Lipinski definition) is 0. The van der Waals surface area contributed by atoms with E-state index in [2.05, 4.69) is 9.80 Å². The first-order chi connectivity index (χ1) is 10.2. The predicted molar refractivity (Wildman–Crippen MR) is 85.8 cm³/mol. The molecule has 1 aromatic carbocycles. The lowest BCUT2D eigenvalue weighted by Crippen LogP contribution is -2.54. The van der Waals surface area contributed by atoms with Gasteiger partial charge in [0, 0.05) is 44.2 Å². The molecule has 0 amide bonds. The summed E-state index contributed by atoms with van der Waals surface area (Å²) in [6.45, 7) is 7.69. The maximum Gasteiger partial charge on any atom is 0.164 e. The minimum atomic E-state index is 0.282. The molecule has 3 rings (SSSR count). The fourth-order valence-electron chi connectivity index (χ4n) is 3.65. The second kappa shape index (κ2) is 6.71. The molecule has 0 bridgehead atoms. The van der Waals surface area contributed by atoms with Crippen molar-refractivity contribution in [3.63, 3.8) is 0 Å². The summed E-state index contributed by atoms with van der Waals surface area (Å²) in [6.07, 6.45) is 4.72. The number of rotatable bonds is 4. The molecule has 2 heterocycles. The van der Waals surface area contributed by atoms with E-state index in [0.717, 1.165) is 36.8 Å². The Kier molecular flexibility index (Phi) is 4.71. The maximum atomic E-state index is 12.3. The number of nitrogens with zero attached hydrogens (tertiary/aromatic N) is 2. The highest BCUT2D eigenvalue weighted by Crippen LogP contribution is 2.21. The lowest BCUT2D eigenvalue weighted by molar-refractivity contribution is 0.0480. The number of carbonyl (C=O) groups excluding carboxylic acids is 1. The van der Waals surface area contributed by atoms with E-state index in [1.807, 2.05) is 31.2 Å². The molecule has 114 valence electrons. The van der Waals surface area contributed by atoms with E-state index in [1.165, 1.54) is 32.4 Å². The molecule has 0 aliphatic carbocycles. The van der Waals surface area contributed by atoms with Crippen LogP contribution in [-0.4, -0.2) is 54.3 Å². The highest BCUT2D eigenvalue weighted by molar-refractivity contribution is 5.96. The third-order valence-corrected chi connectivity index (χ3v) is 4.92. The van der Waals surface area contributed by atoms with Crippen molar-refractivity contribution in [2.24, 2.45) is 0 Å². The van der Waals surface area contributed by atoms with Crippen LogP contribution in [0.15, 0.2) is 24.3 Å². The van der Waals surface area contributed by atoms with E-state index >= 15 is 0 Å². The summed E-state index contributed by atoms with van der Waals surface area (Å²) in [6, 6.07) is 8.69. The van der Waals surface area contributed by atoms with Gasteiger partial charge in [0.25, 0.3) is 0 Å². The monoisotopic (exact) mass is 286 g/mol. The Bertz CT molecular complexity index is 500. The van der Waals surface area contributed by atoms with Crippen molar-refractivity contribution in [1.82, 2.24) is 9.80 Å². The van der Waals surface area contributed by atoms with Crippen molar-refractivity contribution in [1.29, 1.82) is 0 Å². The van der Waals surface area contributed by atoms with Gasteiger partial charge in [-0.15, -0.1) is 0 Å². The van der Waals surface area contributed by atoms with Crippen LogP contribution in [0.25, 0.3) is 0 Å². The molecule has 21 heavy (non-hydrogen) atoms. The molecule has 1 aromatic rings. The average Bonchev–Trinajstić information content (AvgIpc) is 2.52. The fourth-order valence-corrected chi connectivity index (χ4v) is 3.65. The van der Waals surface area contributed by atoms with Gasteiger partial charge in [0.2, 0.25) is 0 Å². The van der Waals surface area contributed by atoms with E-state index in [-0.39, 0.29) is 5.78 Å². The van der Waals surface area contributed by atoms with Crippen molar-refractivity contribution in [2.75, 3.05) is 32.7 Å². The van der Waals surface area contributed by atoms with Crippen LogP contribution >= 0.6 is 0 Å². The molecule has 0 spiro atoms. The second-order valence-electron chi connectivity index (χ2n) is 6.53. The summed E-state index contributed by atoms with van der Waals surface area (Å²) in [4.78, 5) is 17.4.